The Morgan fingerprint density at radius 3 is 2.52 bits per heavy atom. The monoisotopic (exact) mass is 366 g/mol. The molecule has 1 fully saturated rings. The number of hydrogen-bond donors (Lipinski definition) is 1. The highest BCUT2D eigenvalue weighted by molar-refractivity contribution is 6.46. The van der Waals surface area contributed by atoms with Gasteiger partial charge in [-0.3, -0.25) is 19.6 Å². The van der Waals surface area contributed by atoms with Gasteiger partial charge in [0.15, 0.2) is 0 Å². The summed E-state index contributed by atoms with van der Waals surface area (Å²) in [5.41, 5.74) is 1.23. The fourth-order valence-corrected chi connectivity index (χ4v) is 3.22. The number of amides is 1. The van der Waals surface area contributed by atoms with E-state index < -0.39 is 17.7 Å². The molecular formula is C20H22N4O3. The van der Waals surface area contributed by atoms with E-state index in [0.29, 0.717) is 24.1 Å². The van der Waals surface area contributed by atoms with E-state index in [4.69, 9.17) is 0 Å². The van der Waals surface area contributed by atoms with Crippen LogP contribution in [0.15, 0.2) is 54.6 Å². The van der Waals surface area contributed by atoms with Crippen LogP contribution in [0, 0.1) is 0 Å². The van der Waals surface area contributed by atoms with Crippen molar-refractivity contribution in [1.82, 2.24) is 19.8 Å². The molecule has 3 rings (SSSR count). The molecule has 1 amide bonds. The van der Waals surface area contributed by atoms with E-state index in [1.54, 1.807) is 30.6 Å². The highest BCUT2D eigenvalue weighted by Crippen LogP contribution is 2.38. The molecule has 2 aromatic rings. The van der Waals surface area contributed by atoms with E-state index >= 15 is 0 Å². The topological polar surface area (TPSA) is 86.6 Å². The molecule has 1 atom stereocenters. The molecule has 27 heavy (non-hydrogen) atoms. The summed E-state index contributed by atoms with van der Waals surface area (Å²) in [6.07, 6.45) is 7.02. The van der Waals surface area contributed by atoms with Crippen LogP contribution < -0.4 is 0 Å². The molecule has 7 nitrogen and oxygen atoms in total. The molecule has 0 radical (unpaired) electrons. The molecule has 3 heterocycles. The Balaban J connectivity index is 2.05. The number of carbonyl (C=O) groups excluding carboxylic acids is 2. The molecule has 0 aromatic carbocycles. The summed E-state index contributed by atoms with van der Waals surface area (Å²) in [4.78, 5) is 37.0. The first-order valence-corrected chi connectivity index (χ1v) is 8.74. The maximum Gasteiger partial charge on any atom is 0.295 e. The predicted molar refractivity (Wildman–Crippen MR) is 101 cm³/mol. The summed E-state index contributed by atoms with van der Waals surface area (Å²) in [5, 5.41) is 10.8. The molecule has 1 saturated heterocycles. The van der Waals surface area contributed by atoms with Gasteiger partial charge in [-0.25, -0.2) is 0 Å². The Morgan fingerprint density at radius 1 is 1.15 bits per heavy atom. The number of ketones is 1. The minimum atomic E-state index is -0.678. The van der Waals surface area contributed by atoms with Crippen LogP contribution in [-0.2, 0) is 9.59 Å². The molecule has 0 bridgehead atoms. The summed E-state index contributed by atoms with van der Waals surface area (Å²) in [5.74, 6) is -1.47. The number of aromatic nitrogens is 2. The second-order valence-corrected chi connectivity index (χ2v) is 6.67. The molecule has 1 aliphatic heterocycles. The van der Waals surface area contributed by atoms with Crippen LogP contribution in [0.25, 0.3) is 5.76 Å². The molecule has 1 N–H and O–H groups in total. The van der Waals surface area contributed by atoms with Crippen molar-refractivity contribution in [2.24, 2.45) is 0 Å². The third-order valence-corrected chi connectivity index (χ3v) is 4.50. The average molecular weight is 366 g/mol. The van der Waals surface area contributed by atoms with Crippen molar-refractivity contribution in [1.29, 1.82) is 0 Å². The predicted octanol–water partition coefficient (Wildman–Crippen LogP) is 1.85. The number of aliphatic hydroxyl groups is 1. The van der Waals surface area contributed by atoms with Crippen LogP contribution in [0.4, 0.5) is 0 Å². The number of rotatable bonds is 6. The largest absolute Gasteiger partial charge is 0.507 e. The van der Waals surface area contributed by atoms with Gasteiger partial charge in [0, 0.05) is 36.9 Å². The van der Waals surface area contributed by atoms with Gasteiger partial charge in [-0.1, -0.05) is 6.07 Å². The van der Waals surface area contributed by atoms with Crippen molar-refractivity contribution in [3.05, 3.63) is 65.8 Å². The number of Topliss-reactive ketones (excluding diaryl/α,β-unsaturated/α-hetero) is 1. The normalized spacial score (nSPS) is 19.1. The van der Waals surface area contributed by atoms with E-state index in [-0.39, 0.29) is 11.3 Å². The van der Waals surface area contributed by atoms with E-state index in [9.17, 15) is 14.7 Å². The SMILES string of the molecule is CN(C)CCCN1C(=O)C(=O)C(=C(O)c2ccncc2)[C@@H]1c1cccnc1. The first-order chi connectivity index (χ1) is 13.0. The molecule has 0 unspecified atom stereocenters. The number of likely N-dealkylation sites (tertiary alicyclic amines) is 1. The quantitative estimate of drug-likeness (QED) is 0.477. The van der Waals surface area contributed by atoms with Gasteiger partial charge in [0.1, 0.15) is 5.76 Å². The van der Waals surface area contributed by atoms with Crippen molar-refractivity contribution in [3.8, 4) is 0 Å². The first kappa shape index (κ1) is 18.7. The molecule has 2 aromatic heterocycles. The summed E-state index contributed by atoms with van der Waals surface area (Å²) in [6.45, 7) is 1.20. The Bertz CT molecular complexity index is 850. The van der Waals surface area contributed by atoms with Gasteiger partial charge in [-0.15, -0.1) is 0 Å². The number of aliphatic hydroxyl groups excluding tert-OH is 1. The smallest absolute Gasteiger partial charge is 0.295 e. The van der Waals surface area contributed by atoms with Crippen molar-refractivity contribution in [2.75, 3.05) is 27.2 Å². The van der Waals surface area contributed by atoms with Gasteiger partial charge in [0.25, 0.3) is 11.7 Å². The third-order valence-electron chi connectivity index (χ3n) is 4.50. The highest BCUT2D eigenvalue weighted by Gasteiger charge is 2.45. The maximum absolute atomic E-state index is 12.8. The zero-order chi connectivity index (χ0) is 19.4. The Kier molecular flexibility index (Phi) is 5.61. The molecule has 7 heteroatoms. The van der Waals surface area contributed by atoms with Crippen molar-refractivity contribution >= 4 is 17.4 Å². The lowest BCUT2D eigenvalue weighted by molar-refractivity contribution is -0.139. The fraction of sp³-hybridized carbons (Fsp3) is 0.300. The molecule has 0 saturated carbocycles. The lowest BCUT2D eigenvalue weighted by Gasteiger charge is -2.25. The average Bonchev–Trinajstić information content (AvgIpc) is 2.93. The molecule has 1 aliphatic rings. The van der Waals surface area contributed by atoms with Gasteiger partial charge < -0.3 is 14.9 Å². The zero-order valence-electron chi connectivity index (χ0n) is 15.4. The summed E-state index contributed by atoms with van der Waals surface area (Å²) in [6, 6.07) is 6.11. The number of nitrogens with zero attached hydrogens (tertiary/aromatic N) is 4. The maximum atomic E-state index is 12.8. The summed E-state index contributed by atoms with van der Waals surface area (Å²) >= 11 is 0. The fourth-order valence-electron chi connectivity index (χ4n) is 3.22. The number of carbonyl (C=O) groups is 2. The van der Waals surface area contributed by atoms with Gasteiger partial charge in [-0.05, 0) is 50.8 Å². The van der Waals surface area contributed by atoms with Gasteiger partial charge in [-0.2, -0.15) is 0 Å². The summed E-state index contributed by atoms with van der Waals surface area (Å²) in [7, 11) is 3.91. The van der Waals surface area contributed by atoms with Crippen LogP contribution in [0.5, 0.6) is 0 Å². The standard InChI is InChI=1S/C20H22N4O3/c1-23(2)11-4-12-24-17(15-5-3-8-22-13-15)16(19(26)20(24)27)18(25)14-6-9-21-10-7-14/h3,5-10,13,17,25H,4,11-12H2,1-2H3/t17-/m0/s1. The Labute approximate surface area is 158 Å². The van der Waals surface area contributed by atoms with Crippen molar-refractivity contribution < 1.29 is 14.7 Å². The molecule has 0 aliphatic carbocycles. The van der Waals surface area contributed by atoms with Crippen LogP contribution >= 0.6 is 0 Å². The zero-order valence-corrected chi connectivity index (χ0v) is 15.4. The van der Waals surface area contributed by atoms with Crippen LogP contribution in [0.3, 0.4) is 0 Å². The van der Waals surface area contributed by atoms with Crippen LogP contribution in [-0.4, -0.2) is 63.7 Å². The van der Waals surface area contributed by atoms with Crippen LogP contribution in [0.2, 0.25) is 0 Å². The van der Waals surface area contributed by atoms with E-state index in [1.165, 1.54) is 17.3 Å². The second-order valence-electron chi connectivity index (χ2n) is 6.67. The van der Waals surface area contributed by atoms with E-state index in [0.717, 1.165) is 6.54 Å². The molecule has 0 spiro atoms. The van der Waals surface area contributed by atoms with Crippen LogP contribution in [0.1, 0.15) is 23.6 Å². The third kappa shape index (κ3) is 3.88. The first-order valence-electron chi connectivity index (χ1n) is 8.74. The molecular weight excluding hydrogens is 344 g/mol. The van der Waals surface area contributed by atoms with Crippen molar-refractivity contribution in [2.45, 2.75) is 12.5 Å². The minimum absolute atomic E-state index is 0.0871. The Hall–Kier alpha value is -3.06. The highest BCUT2D eigenvalue weighted by atomic mass is 16.3. The van der Waals surface area contributed by atoms with E-state index in [1.807, 2.05) is 25.1 Å². The lowest BCUT2D eigenvalue weighted by Crippen LogP contribution is -2.32. The van der Waals surface area contributed by atoms with Gasteiger partial charge in [0.2, 0.25) is 0 Å². The lowest BCUT2D eigenvalue weighted by atomic mass is 9.96. The second kappa shape index (κ2) is 8.09. The van der Waals surface area contributed by atoms with Crippen molar-refractivity contribution in [3.63, 3.8) is 0 Å². The van der Waals surface area contributed by atoms with Gasteiger partial charge >= 0.3 is 0 Å². The Morgan fingerprint density at radius 2 is 1.89 bits per heavy atom. The van der Waals surface area contributed by atoms with E-state index in [2.05, 4.69) is 9.97 Å². The molecule has 140 valence electrons. The summed E-state index contributed by atoms with van der Waals surface area (Å²) < 4.78 is 0. The van der Waals surface area contributed by atoms with Gasteiger partial charge in [0.05, 0.1) is 11.6 Å². The minimum Gasteiger partial charge on any atom is -0.507 e. The number of pyridine rings is 2. The number of hydrogen-bond acceptors (Lipinski definition) is 6.